The van der Waals surface area contributed by atoms with Gasteiger partial charge in [0, 0.05) is 6.54 Å². The summed E-state index contributed by atoms with van der Waals surface area (Å²) >= 11 is 1.47. The average Bonchev–Trinajstić information content (AvgIpc) is 3.21. The molecule has 0 radical (unpaired) electrons. The lowest BCUT2D eigenvalue weighted by atomic mass is 10.2. The van der Waals surface area contributed by atoms with Crippen LogP contribution in [0.2, 0.25) is 0 Å². The number of hydrogen-bond donors (Lipinski definition) is 1. The van der Waals surface area contributed by atoms with Gasteiger partial charge in [-0.3, -0.25) is 9.69 Å². The predicted molar refractivity (Wildman–Crippen MR) is 83.6 cm³/mol. The highest BCUT2D eigenvalue weighted by atomic mass is 32.1. The summed E-state index contributed by atoms with van der Waals surface area (Å²) < 4.78 is 5.79. The summed E-state index contributed by atoms with van der Waals surface area (Å²) in [4.78, 5) is 15.3. The third-order valence-electron chi connectivity index (χ3n) is 3.87. The normalized spacial score (nSPS) is 17.0. The van der Waals surface area contributed by atoms with Crippen molar-refractivity contribution in [3.05, 3.63) is 46.0 Å². The van der Waals surface area contributed by atoms with Crippen LogP contribution in [0, 0.1) is 6.92 Å². The Hall–Kier alpha value is -1.59. The molecule has 0 aromatic carbocycles. The number of aryl methyl sites for hydroxylation is 1. The fraction of sp³-hybridized carbons (Fsp3) is 0.438. The molecule has 0 bridgehead atoms. The van der Waals surface area contributed by atoms with E-state index in [0.717, 1.165) is 29.5 Å². The van der Waals surface area contributed by atoms with Crippen molar-refractivity contribution >= 4 is 17.2 Å². The van der Waals surface area contributed by atoms with Gasteiger partial charge in [0.25, 0.3) is 5.91 Å². The van der Waals surface area contributed by atoms with Crippen molar-refractivity contribution in [2.75, 3.05) is 19.6 Å². The second kappa shape index (κ2) is 6.45. The second-order valence-electron chi connectivity index (χ2n) is 5.39. The van der Waals surface area contributed by atoms with E-state index in [4.69, 9.17) is 4.42 Å². The lowest BCUT2D eigenvalue weighted by Crippen LogP contribution is -2.36. The fourth-order valence-corrected chi connectivity index (χ4v) is 3.42. The molecule has 0 aliphatic carbocycles. The highest BCUT2D eigenvalue weighted by molar-refractivity contribution is 7.12. The first-order chi connectivity index (χ1) is 10.2. The van der Waals surface area contributed by atoms with Crippen LogP contribution in [-0.2, 0) is 0 Å². The van der Waals surface area contributed by atoms with Crippen LogP contribution >= 0.6 is 11.3 Å². The first-order valence-electron chi connectivity index (χ1n) is 7.36. The molecule has 1 aliphatic heterocycles. The van der Waals surface area contributed by atoms with Crippen LogP contribution in [0.5, 0.6) is 0 Å². The number of nitrogens with one attached hydrogen (secondary N) is 1. The second-order valence-corrected chi connectivity index (χ2v) is 6.34. The van der Waals surface area contributed by atoms with Gasteiger partial charge in [-0.2, -0.15) is 0 Å². The Morgan fingerprint density at radius 1 is 1.38 bits per heavy atom. The van der Waals surface area contributed by atoms with Crippen LogP contribution in [0.3, 0.4) is 0 Å². The van der Waals surface area contributed by atoms with Gasteiger partial charge in [0.1, 0.15) is 11.5 Å². The molecule has 1 aliphatic rings. The fourth-order valence-electron chi connectivity index (χ4n) is 2.78. The van der Waals surface area contributed by atoms with Crippen LogP contribution < -0.4 is 5.32 Å². The molecule has 0 unspecified atom stereocenters. The number of carbonyl (C=O) groups is 1. The van der Waals surface area contributed by atoms with E-state index in [1.54, 1.807) is 0 Å². The van der Waals surface area contributed by atoms with Crippen molar-refractivity contribution in [3.63, 3.8) is 0 Å². The van der Waals surface area contributed by atoms with Crippen LogP contribution in [0.1, 0.15) is 40.1 Å². The Kier molecular flexibility index (Phi) is 4.41. The van der Waals surface area contributed by atoms with Gasteiger partial charge in [0.15, 0.2) is 0 Å². The molecule has 112 valence electrons. The van der Waals surface area contributed by atoms with Gasteiger partial charge in [-0.05, 0) is 56.4 Å². The molecule has 1 N–H and O–H groups in total. The van der Waals surface area contributed by atoms with Gasteiger partial charge in [-0.1, -0.05) is 6.07 Å². The van der Waals surface area contributed by atoms with Gasteiger partial charge in [0.05, 0.1) is 10.9 Å². The average molecular weight is 304 g/mol. The number of hydrogen-bond acceptors (Lipinski definition) is 4. The summed E-state index contributed by atoms with van der Waals surface area (Å²) in [5.74, 6) is 1.86. The SMILES string of the molecule is Cc1ccc([C@H](CNC(=O)c2cccs2)N2CCCC2)o1. The number of likely N-dealkylation sites (tertiary alicyclic amines) is 1. The maximum Gasteiger partial charge on any atom is 0.261 e. The summed E-state index contributed by atoms with van der Waals surface area (Å²) in [5, 5.41) is 4.96. The van der Waals surface area contributed by atoms with Crippen molar-refractivity contribution in [2.45, 2.75) is 25.8 Å². The van der Waals surface area contributed by atoms with Gasteiger partial charge in [0.2, 0.25) is 0 Å². The summed E-state index contributed by atoms with van der Waals surface area (Å²) in [6.45, 7) is 4.68. The molecule has 2 aromatic rings. The van der Waals surface area contributed by atoms with E-state index in [2.05, 4.69) is 10.2 Å². The standard InChI is InChI=1S/C16H20N2O2S/c1-12-6-7-14(20-12)13(18-8-2-3-9-18)11-17-16(19)15-5-4-10-21-15/h4-7,10,13H,2-3,8-9,11H2,1H3,(H,17,19)/t13-/m0/s1. The molecule has 1 atom stereocenters. The molecule has 3 heterocycles. The molecule has 1 fully saturated rings. The van der Waals surface area contributed by atoms with E-state index in [1.807, 2.05) is 36.6 Å². The maximum absolute atomic E-state index is 12.1. The Balaban J connectivity index is 1.69. The molecular weight excluding hydrogens is 284 g/mol. The number of carbonyl (C=O) groups excluding carboxylic acids is 1. The summed E-state index contributed by atoms with van der Waals surface area (Å²) in [5.41, 5.74) is 0. The van der Waals surface area contributed by atoms with Crippen molar-refractivity contribution in [1.29, 1.82) is 0 Å². The van der Waals surface area contributed by atoms with Gasteiger partial charge < -0.3 is 9.73 Å². The monoisotopic (exact) mass is 304 g/mol. The molecular formula is C16H20N2O2S. The number of rotatable bonds is 5. The summed E-state index contributed by atoms with van der Waals surface area (Å²) in [6, 6.07) is 7.88. The summed E-state index contributed by atoms with van der Waals surface area (Å²) in [6.07, 6.45) is 2.43. The van der Waals surface area contributed by atoms with E-state index in [9.17, 15) is 4.79 Å². The van der Waals surface area contributed by atoms with Crippen LogP contribution in [0.25, 0.3) is 0 Å². The van der Waals surface area contributed by atoms with E-state index >= 15 is 0 Å². The van der Waals surface area contributed by atoms with E-state index in [1.165, 1.54) is 24.2 Å². The minimum absolute atomic E-state index is 0.00234. The topological polar surface area (TPSA) is 45.5 Å². The van der Waals surface area contributed by atoms with Crippen molar-refractivity contribution in [2.24, 2.45) is 0 Å². The smallest absolute Gasteiger partial charge is 0.261 e. The number of thiophene rings is 1. The Morgan fingerprint density at radius 2 is 2.19 bits per heavy atom. The van der Waals surface area contributed by atoms with Crippen molar-refractivity contribution < 1.29 is 9.21 Å². The van der Waals surface area contributed by atoms with Gasteiger partial charge in [-0.15, -0.1) is 11.3 Å². The number of furan rings is 1. The first kappa shape index (κ1) is 14.4. The third kappa shape index (κ3) is 3.36. The molecule has 5 heteroatoms. The highest BCUT2D eigenvalue weighted by Gasteiger charge is 2.26. The predicted octanol–water partition coefficient (Wildman–Crippen LogP) is 3.22. The third-order valence-corrected chi connectivity index (χ3v) is 4.74. The molecule has 0 spiro atoms. The molecule has 2 aromatic heterocycles. The molecule has 0 saturated carbocycles. The largest absolute Gasteiger partial charge is 0.465 e. The van der Waals surface area contributed by atoms with Gasteiger partial charge >= 0.3 is 0 Å². The molecule has 4 nitrogen and oxygen atoms in total. The Labute approximate surface area is 128 Å². The Morgan fingerprint density at radius 3 is 2.81 bits per heavy atom. The van der Waals surface area contributed by atoms with Crippen molar-refractivity contribution in [3.8, 4) is 0 Å². The highest BCUT2D eigenvalue weighted by Crippen LogP contribution is 2.26. The quantitative estimate of drug-likeness (QED) is 0.922. The first-order valence-corrected chi connectivity index (χ1v) is 8.24. The van der Waals surface area contributed by atoms with Gasteiger partial charge in [-0.25, -0.2) is 0 Å². The lowest BCUT2D eigenvalue weighted by molar-refractivity contribution is 0.0937. The molecule has 21 heavy (non-hydrogen) atoms. The molecule has 3 rings (SSSR count). The van der Waals surface area contributed by atoms with Crippen LogP contribution in [-0.4, -0.2) is 30.4 Å². The van der Waals surface area contributed by atoms with E-state index in [0.29, 0.717) is 6.54 Å². The van der Waals surface area contributed by atoms with Crippen LogP contribution in [0.4, 0.5) is 0 Å². The van der Waals surface area contributed by atoms with E-state index < -0.39 is 0 Å². The zero-order chi connectivity index (χ0) is 14.7. The molecule has 1 saturated heterocycles. The van der Waals surface area contributed by atoms with Crippen molar-refractivity contribution in [1.82, 2.24) is 10.2 Å². The maximum atomic E-state index is 12.1. The summed E-state index contributed by atoms with van der Waals surface area (Å²) in [7, 11) is 0. The number of nitrogens with zero attached hydrogens (tertiary/aromatic N) is 1. The zero-order valence-corrected chi connectivity index (χ0v) is 13.0. The number of amides is 1. The van der Waals surface area contributed by atoms with E-state index in [-0.39, 0.29) is 11.9 Å². The lowest BCUT2D eigenvalue weighted by Gasteiger charge is -2.26. The minimum Gasteiger partial charge on any atom is -0.465 e. The minimum atomic E-state index is -0.00234. The van der Waals surface area contributed by atoms with Crippen LogP contribution in [0.15, 0.2) is 34.1 Å². The zero-order valence-electron chi connectivity index (χ0n) is 12.2. The molecule has 1 amide bonds. The Bertz CT molecular complexity index is 585.